The van der Waals surface area contributed by atoms with Crippen molar-refractivity contribution in [2.24, 2.45) is 0 Å². The average molecular weight is 279 g/mol. The summed E-state index contributed by atoms with van der Waals surface area (Å²) in [5.41, 5.74) is 1.21. The minimum absolute atomic E-state index is 0.129. The molecule has 2 N–H and O–H groups in total. The Bertz CT molecular complexity index is 352. The number of aromatic nitrogens is 1. The van der Waals surface area contributed by atoms with Crippen molar-refractivity contribution in [3.05, 3.63) is 30.1 Å². The molecule has 20 heavy (non-hydrogen) atoms. The van der Waals surface area contributed by atoms with E-state index in [-0.39, 0.29) is 12.1 Å². The summed E-state index contributed by atoms with van der Waals surface area (Å²) in [6.07, 6.45) is 8.09. The Morgan fingerprint density at radius 2 is 1.95 bits per heavy atom. The van der Waals surface area contributed by atoms with Crippen LogP contribution in [0.1, 0.15) is 31.7 Å². The van der Waals surface area contributed by atoms with Gasteiger partial charge in [0.2, 0.25) is 0 Å². The topological polar surface area (TPSA) is 48.4 Å². The van der Waals surface area contributed by atoms with E-state index < -0.39 is 0 Å². The highest BCUT2D eigenvalue weighted by atomic mass is 16.3. The van der Waals surface area contributed by atoms with E-state index >= 15 is 0 Å². The van der Waals surface area contributed by atoms with Crippen LogP contribution in [0.2, 0.25) is 0 Å². The fraction of sp³-hybridized carbons (Fsp3) is 0.688. The molecule has 0 spiro atoms. The molecule has 4 nitrogen and oxygen atoms in total. The van der Waals surface area contributed by atoms with Crippen molar-refractivity contribution >= 4 is 0 Å². The average Bonchev–Trinajstić information content (AvgIpc) is 2.50. The highest BCUT2D eigenvalue weighted by Crippen LogP contribution is 2.12. The van der Waals surface area contributed by atoms with Crippen molar-refractivity contribution in [3.8, 4) is 0 Å². The van der Waals surface area contributed by atoms with E-state index in [2.05, 4.69) is 41.3 Å². The normalized spacial score (nSPS) is 14.4. The van der Waals surface area contributed by atoms with Crippen LogP contribution in [0.15, 0.2) is 24.5 Å². The molecule has 1 aromatic rings. The zero-order valence-electron chi connectivity index (χ0n) is 13.1. The number of hydrogen-bond donors (Lipinski definition) is 2. The first kappa shape index (κ1) is 17.1. The first-order valence-corrected chi connectivity index (χ1v) is 7.47. The van der Waals surface area contributed by atoms with Gasteiger partial charge in [-0.05, 0) is 64.5 Å². The Kier molecular flexibility index (Phi) is 7.73. The Balaban J connectivity index is 2.13. The molecule has 1 atom stereocenters. The van der Waals surface area contributed by atoms with Crippen molar-refractivity contribution in [3.63, 3.8) is 0 Å². The molecular formula is C16H29N3O. The van der Waals surface area contributed by atoms with Gasteiger partial charge in [-0.15, -0.1) is 0 Å². The number of aliphatic hydroxyl groups is 1. The van der Waals surface area contributed by atoms with Crippen LogP contribution in [-0.2, 0) is 6.42 Å². The van der Waals surface area contributed by atoms with Crippen molar-refractivity contribution in [2.75, 3.05) is 33.8 Å². The molecule has 0 bridgehead atoms. The molecule has 0 saturated heterocycles. The van der Waals surface area contributed by atoms with E-state index in [1.54, 1.807) is 0 Å². The van der Waals surface area contributed by atoms with E-state index in [4.69, 9.17) is 0 Å². The van der Waals surface area contributed by atoms with Crippen LogP contribution in [0.5, 0.6) is 0 Å². The minimum atomic E-state index is -0.129. The molecule has 114 valence electrons. The van der Waals surface area contributed by atoms with Gasteiger partial charge in [-0.25, -0.2) is 0 Å². The van der Waals surface area contributed by atoms with Crippen LogP contribution in [-0.4, -0.2) is 54.3 Å². The van der Waals surface area contributed by atoms with E-state index in [0.717, 1.165) is 32.4 Å². The van der Waals surface area contributed by atoms with E-state index in [0.29, 0.717) is 0 Å². The monoisotopic (exact) mass is 279 g/mol. The molecule has 1 aromatic heterocycles. The summed E-state index contributed by atoms with van der Waals surface area (Å²) in [5.74, 6) is 0. The summed E-state index contributed by atoms with van der Waals surface area (Å²) >= 11 is 0. The van der Waals surface area contributed by atoms with E-state index in [1.165, 1.54) is 12.0 Å². The van der Waals surface area contributed by atoms with E-state index in [9.17, 15) is 5.11 Å². The number of rotatable bonds is 10. The highest BCUT2D eigenvalue weighted by Gasteiger charge is 2.19. The first-order chi connectivity index (χ1) is 9.59. The van der Waals surface area contributed by atoms with Gasteiger partial charge >= 0.3 is 0 Å². The molecule has 1 heterocycles. The number of aliphatic hydroxyl groups excluding tert-OH is 1. The second kappa shape index (κ2) is 9.06. The van der Waals surface area contributed by atoms with Gasteiger partial charge in [-0.1, -0.05) is 6.42 Å². The number of likely N-dealkylation sites (N-methyl/N-ethyl adjacent to an activating group) is 2. The Labute approximate surface area is 123 Å². The molecule has 0 radical (unpaired) electrons. The van der Waals surface area contributed by atoms with Crippen LogP contribution < -0.4 is 5.32 Å². The van der Waals surface area contributed by atoms with Crippen molar-refractivity contribution in [2.45, 2.75) is 38.1 Å². The predicted molar refractivity (Wildman–Crippen MR) is 83.8 cm³/mol. The maximum absolute atomic E-state index is 9.33. The van der Waals surface area contributed by atoms with Crippen LogP contribution in [0.3, 0.4) is 0 Å². The third-order valence-corrected chi connectivity index (χ3v) is 4.00. The summed E-state index contributed by atoms with van der Waals surface area (Å²) in [4.78, 5) is 6.40. The summed E-state index contributed by atoms with van der Waals surface area (Å²) in [6.45, 7) is 4.45. The predicted octanol–water partition coefficient (Wildman–Crippen LogP) is 1.70. The molecule has 0 aliphatic heterocycles. The lowest BCUT2D eigenvalue weighted by Gasteiger charge is -2.27. The van der Waals surface area contributed by atoms with Gasteiger partial charge in [0.1, 0.15) is 0 Å². The molecular weight excluding hydrogens is 250 g/mol. The van der Waals surface area contributed by atoms with Gasteiger partial charge in [-0.3, -0.25) is 4.98 Å². The first-order valence-electron chi connectivity index (χ1n) is 7.47. The van der Waals surface area contributed by atoms with Crippen LogP contribution >= 0.6 is 0 Å². The van der Waals surface area contributed by atoms with Crippen molar-refractivity contribution in [1.82, 2.24) is 15.2 Å². The SMILES string of the molecule is CNC(C)(CO)CCCCN(C)CCc1ccncc1. The van der Waals surface area contributed by atoms with Crippen LogP contribution in [0.4, 0.5) is 0 Å². The van der Waals surface area contributed by atoms with Crippen molar-refractivity contribution < 1.29 is 5.11 Å². The molecule has 0 aliphatic carbocycles. The summed E-state index contributed by atoms with van der Waals surface area (Å²) in [5, 5.41) is 12.5. The maximum Gasteiger partial charge on any atom is 0.0610 e. The van der Waals surface area contributed by atoms with Gasteiger partial charge < -0.3 is 15.3 Å². The number of unbranched alkanes of at least 4 members (excludes halogenated alkanes) is 1. The second-order valence-electron chi connectivity index (χ2n) is 5.83. The Hall–Kier alpha value is -0.970. The Morgan fingerprint density at radius 3 is 2.55 bits per heavy atom. The fourth-order valence-corrected chi connectivity index (χ4v) is 2.16. The highest BCUT2D eigenvalue weighted by molar-refractivity contribution is 5.09. The summed E-state index contributed by atoms with van der Waals surface area (Å²) < 4.78 is 0. The lowest BCUT2D eigenvalue weighted by atomic mass is 9.96. The molecule has 1 unspecified atom stereocenters. The third kappa shape index (κ3) is 6.46. The quantitative estimate of drug-likeness (QED) is 0.640. The lowest BCUT2D eigenvalue weighted by Crippen LogP contribution is -2.43. The maximum atomic E-state index is 9.33. The second-order valence-corrected chi connectivity index (χ2v) is 5.83. The number of pyridine rings is 1. The minimum Gasteiger partial charge on any atom is -0.394 e. The molecule has 0 fully saturated rings. The molecule has 0 aromatic carbocycles. The molecule has 0 saturated carbocycles. The number of hydrogen-bond acceptors (Lipinski definition) is 4. The van der Waals surface area contributed by atoms with E-state index in [1.807, 2.05) is 19.4 Å². The van der Waals surface area contributed by atoms with Crippen LogP contribution in [0, 0.1) is 0 Å². The zero-order chi connectivity index (χ0) is 14.8. The van der Waals surface area contributed by atoms with Gasteiger partial charge in [0.05, 0.1) is 6.61 Å². The smallest absolute Gasteiger partial charge is 0.0610 e. The van der Waals surface area contributed by atoms with Gasteiger partial charge in [0.15, 0.2) is 0 Å². The standard InChI is InChI=1S/C16H29N3O/c1-16(14-20,17-2)9-4-5-12-19(3)13-8-15-6-10-18-11-7-15/h6-7,10-11,17,20H,4-5,8-9,12-14H2,1-3H3. The summed E-state index contributed by atoms with van der Waals surface area (Å²) in [6, 6.07) is 4.15. The van der Waals surface area contributed by atoms with Gasteiger partial charge in [-0.2, -0.15) is 0 Å². The summed E-state index contributed by atoms with van der Waals surface area (Å²) in [7, 11) is 4.08. The van der Waals surface area contributed by atoms with Gasteiger partial charge in [0.25, 0.3) is 0 Å². The van der Waals surface area contributed by atoms with Crippen LogP contribution in [0.25, 0.3) is 0 Å². The number of nitrogens with zero attached hydrogens (tertiary/aromatic N) is 2. The largest absolute Gasteiger partial charge is 0.394 e. The molecule has 0 amide bonds. The Morgan fingerprint density at radius 1 is 1.25 bits per heavy atom. The number of nitrogens with one attached hydrogen (secondary N) is 1. The fourth-order valence-electron chi connectivity index (χ4n) is 2.16. The molecule has 1 rings (SSSR count). The lowest BCUT2D eigenvalue weighted by molar-refractivity contribution is 0.169. The van der Waals surface area contributed by atoms with Gasteiger partial charge in [0, 0.05) is 24.5 Å². The van der Waals surface area contributed by atoms with Crippen molar-refractivity contribution in [1.29, 1.82) is 0 Å². The zero-order valence-corrected chi connectivity index (χ0v) is 13.1. The molecule has 0 aliphatic rings. The third-order valence-electron chi connectivity index (χ3n) is 4.00. The molecule has 4 heteroatoms.